The Hall–Kier alpha value is -3.98. The lowest BCUT2D eigenvalue weighted by molar-refractivity contribution is -0.386. The fourth-order valence-electron chi connectivity index (χ4n) is 2.41. The second-order valence-corrected chi connectivity index (χ2v) is 6.11. The molecule has 146 valence electrons. The summed E-state index contributed by atoms with van der Waals surface area (Å²) in [5, 5.41) is 11.3. The van der Waals surface area contributed by atoms with Crippen molar-refractivity contribution in [3.63, 3.8) is 0 Å². The van der Waals surface area contributed by atoms with Crippen molar-refractivity contribution >= 4 is 35.4 Å². The van der Waals surface area contributed by atoms with Gasteiger partial charge in [-0.15, -0.1) is 0 Å². The lowest BCUT2D eigenvalue weighted by Crippen LogP contribution is -2.25. The van der Waals surface area contributed by atoms with E-state index in [0.717, 1.165) is 0 Å². The van der Waals surface area contributed by atoms with Gasteiger partial charge in [-0.05, 0) is 35.9 Å². The number of nitro groups is 1. The first-order chi connectivity index (χ1) is 13.8. The Kier molecular flexibility index (Phi) is 5.70. The van der Waals surface area contributed by atoms with Crippen LogP contribution in [0.25, 0.3) is 12.2 Å². The number of ether oxygens (including phenoxy) is 1. The minimum atomic E-state index is -1.10. The van der Waals surface area contributed by atoms with E-state index >= 15 is 0 Å². The van der Waals surface area contributed by atoms with Gasteiger partial charge in [-0.25, -0.2) is 9.59 Å². The molecule has 9 nitrogen and oxygen atoms in total. The second-order valence-electron chi connectivity index (χ2n) is 5.70. The number of carbonyl (C=O) groups excluding carboxylic acids is 1. The zero-order valence-corrected chi connectivity index (χ0v) is 15.3. The number of aromatic nitrogens is 2. The Bertz CT molecular complexity index is 1230. The number of rotatable bonds is 5. The van der Waals surface area contributed by atoms with Crippen LogP contribution in [0.2, 0.25) is 5.02 Å². The van der Waals surface area contributed by atoms with E-state index in [1.54, 1.807) is 35.3 Å². The third-order valence-corrected chi connectivity index (χ3v) is 4.08. The topological polar surface area (TPSA) is 135 Å². The van der Waals surface area contributed by atoms with Crippen LogP contribution in [0.15, 0.2) is 58.1 Å². The number of H-pyrrole nitrogens is 2. The van der Waals surface area contributed by atoms with E-state index < -0.39 is 27.8 Å². The van der Waals surface area contributed by atoms with Crippen molar-refractivity contribution in [1.29, 1.82) is 0 Å². The third-order valence-electron chi connectivity index (χ3n) is 3.75. The lowest BCUT2D eigenvalue weighted by Gasteiger charge is -2.06. The van der Waals surface area contributed by atoms with Crippen LogP contribution in [0.5, 0.6) is 5.75 Å². The molecule has 0 aliphatic rings. The van der Waals surface area contributed by atoms with Gasteiger partial charge in [0.25, 0.3) is 0 Å². The number of nitrogens with zero attached hydrogens (tertiary/aromatic N) is 1. The standard InChI is InChI=1S/C19H12ClN3O6/c20-14-4-2-1-3-13(14)18(25)29-12-8-5-11(6-9-12)7-10-15-16(23(27)28)17(24)22-19(26)21-15/h1-10H,(H2,21,22,24,26). The number of benzene rings is 2. The first-order valence-electron chi connectivity index (χ1n) is 8.11. The van der Waals surface area contributed by atoms with E-state index in [1.165, 1.54) is 30.4 Å². The summed E-state index contributed by atoms with van der Waals surface area (Å²) < 4.78 is 5.25. The highest BCUT2D eigenvalue weighted by molar-refractivity contribution is 6.33. The molecule has 0 aliphatic heterocycles. The van der Waals surface area contributed by atoms with Crippen molar-refractivity contribution in [2.24, 2.45) is 0 Å². The molecule has 3 aromatic rings. The lowest BCUT2D eigenvalue weighted by atomic mass is 10.2. The number of esters is 1. The van der Waals surface area contributed by atoms with Gasteiger partial charge < -0.3 is 9.72 Å². The first-order valence-corrected chi connectivity index (χ1v) is 8.49. The van der Waals surface area contributed by atoms with Crippen LogP contribution in [0, 0.1) is 10.1 Å². The predicted octanol–water partition coefficient (Wildman–Crippen LogP) is 3.01. The van der Waals surface area contributed by atoms with Gasteiger partial charge in [-0.1, -0.05) is 41.9 Å². The van der Waals surface area contributed by atoms with Crippen LogP contribution in [0.4, 0.5) is 5.69 Å². The van der Waals surface area contributed by atoms with Crippen molar-refractivity contribution in [3.8, 4) is 5.75 Å². The average molecular weight is 414 g/mol. The summed E-state index contributed by atoms with van der Waals surface area (Å²) in [5.74, 6) is -0.349. The molecule has 2 aromatic carbocycles. The number of nitrogens with one attached hydrogen (secondary N) is 2. The van der Waals surface area contributed by atoms with Crippen LogP contribution in [0.3, 0.4) is 0 Å². The van der Waals surface area contributed by atoms with Crippen LogP contribution in [-0.4, -0.2) is 20.9 Å². The van der Waals surface area contributed by atoms with E-state index in [4.69, 9.17) is 16.3 Å². The van der Waals surface area contributed by atoms with E-state index in [-0.39, 0.29) is 22.0 Å². The molecule has 3 rings (SSSR count). The summed E-state index contributed by atoms with van der Waals surface area (Å²) >= 11 is 5.96. The molecule has 10 heteroatoms. The SMILES string of the molecule is O=C(Oc1ccc(C=Cc2[nH]c(=O)[nH]c(=O)c2[N+](=O)[O-])cc1)c1ccccc1Cl. The highest BCUT2D eigenvalue weighted by atomic mass is 35.5. The summed E-state index contributed by atoms with van der Waals surface area (Å²) in [4.78, 5) is 49.2. The van der Waals surface area contributed by atoms with Gasteiger partial charge in [0.15, 0.2) is 0 Å². The van der Waals surface area contributed by atoms with E-state index in [2.05, 4.69) is 4.98 Å². The van der Waals surface area contributed by atoms with E-state index in [0.29, 0.717) is 5.56 Å². The molecule has 0 aliphatic carbocycles. The van der Waals surface area contributed by atoms with Crippen LogP contribution in [0.1, 0.15) is 21.6 Å². The maximum Gasteiger partial charge on any atom is 0.357 e. The molecule has 0 atom stereocenters. The number of hydrogen-bond donors (Lipinski definition) is 2. The molecule has 0 radical (unpaired) electrons. The molecular weight excluding hydrogens is 402 g/mol. The molecule has 0 amide bonds. The monoisotopic (exact) mass is 413 g/mol. The number of hydrogen-bond acceptors (Lipinski definition) is 6. The Morgan fingerprint density at radius 2 is 1.72 bits per heavy atom. The largest absolute Gasteiger partial charge is 0.423 e. The van der Waals surface area contributed by atoms with Gasteiger partial charge in [0.1, 0.15) is 11.4 Å². The molecule has 0 saturated carbocycles. The molecule has 0 bridgehead atoms. The van der Waals surface area contributed by atoms with Crippen molar-refractivity contribution in [2.75, 3.05) is 0 Å². The normalized spacial score (nSPS) is 10.8. The third kappa shape index (κ3) is 4.66. The number of aromatic amines is 2. The average Bonchev–Trinajstić information content (AvgIpc) is 2.67. The van der Waals surface area contributed by atoms with Gasteiger partial charge in [-0.3, -0.25) is 19.9 Å². The van der Waals surface area contributed by atoms with Gasteiger partial charge in [0, 0.05) is 0 Å². The van der Waals surface area contributed by atoms with Crippen LogP contribution in [-0.2, 0) is 0 Å². The van der Waals surface area contributed by atoms with Gasteiger partial charge in [-0.2, -0.15) is 0 Å². The summed E-state index contributed by atoms with van der Waals surface area (Å²) in [6.45, 7) is 0. The quantitative estimate of drug-likeness (QED) is 0.285. The van der Waals surface area contributed by atoms with Crippen LogP contribution < -0.4 is 16.0 Å². The first kappa shape index (κ1) is 19.8. The Labute approximate surface area is 167 Å². The molecule has 1 heterocycles. The molecule has 0 saturated heterocycles. The highest BCUT2D eigenvalue weighted by Gasteiger charge is 2.18. The fourth-order valence-corrected chi connectivity index (χ4v) is 2.63. The maximum atomic E-state index is 12.1. The Morgan fingerprint density at radius 3 is 2.38 bits per heavy atom. The van der Waals surface area contributed by atoms with Crippen molar-refractivity contribution in [1.82, 2.24) is 9.97 Å². The summed E-state index contributed by atoms with van der Waals surface area (Å²) in [6.07, 6.45) is 2.69. The summed E-state index contributed by atoms with van der Waals surface area (Å²) in [7, 11) is 0. The molecule has 1 aromatic heterocycles. The van der Waals surface area contributed by atoms with Crippen molar-refractivity contribution in [3.05, 3.63) is 101 Å². The molecule has 0 unspecified atom stereocenters. The predicted molar refractivity (Wildman–Crippen MR) is 106 cm³/mol. The van der Waals surface area contributed by atoms with Gasteiger partial charge in [0.05, 0.1) is 15.5 Å². The number of carbonyl (C=O) groups is 1. The zero-order valence-electron chi connectivity index (χ0n) is 14.5. The molecule has 2 N–H and O–H groups in total. The Morgan fingerprint density at radius 1 is 1.03 bits per heavy atom. The highest BCUT2D eigenvalue weighted by Crippen LogP contribution is 2.20. The molecule has 0 fully saturated rings. The fraction of sp³-hybridized carbons (Fsp3) is 0. The number of halogens is 1. The molecule has 0 spiro atoms. The molecular formula is C19H12ClN3O6. The maximum absolute atomic E-state index is 12.1. The van der Waals surface area contributed by atoms with Crippen molar-refractivity contribution < 1.29 is 14.5 Å². The molecule has 29 heavy (non-hydrogen) atoms. The van der Waals surface area contributed by atoms with Gasteiger partial charge >= 0.3 is 22.9 Å². The minimum absolute atomic E-state index is 0.226. The van der Waals surface area contributed by atoms with E-state index in [1.807, 2.05) is 0 Å². The second kappa shape index (κ2) is 8.36. The minimum Gasteiger partial charge on any atom is -0.423 e. The zero-order chi connectivity index (χ0) is 21.0. The van der Waals surface area contributed by atoms with Gasteiger partial charge in [0.2, 0.25) is 0 Å². The van der Waals surface area contributed by atoms with E-state index in [9.17, 15) is 24.5 Å². The Balaban J connectivity index is 1.79. The summed E-state index contributed by atoms with van der Waals surface area (Å²) in [5.41, 5.74) is -2.16. The van der Waals surface area contributed by atoms with Crippen molar-refractivity contribution in [2.45, 2.75) is 0 Å². The summed E-state index contributed by atoms with van der Waals surface area (Å²) in [6, 6.07) is 12.7. The smallest absolute Gasteiger partial charge is 0.357 e. The van der Waals surface area contributed by atoms with Crippen LogP contribution >= 0.6 is 11.6 Å².